The minimum atomic E-state index is -0.558. The molecule has 0 aliphatic rings. The monoisotopic (exact) mass is 318 g/mol. The first kappa shape index (κ1) is 14.3. The van der Waals surface area contributed by atoms with Gasteiger partial charge in [-0.15, -0.1) is 0 Å². The molecule has 22 heavy (non-hydrogen) atoms. The Balaban J connectivity index is 2.44. The van der Waals surface area contributed by atoms with Crippen molar-refractivity contribution < 1.29 is 4.92 Å². The van der Waals surface area contributed by atoms with E-state index in [2.05, 4.69) is 4.98 Å². The van der Waals surface area contributed by atoms with Crippen LogP contribution < -0.4 is 5.56 Å². The second kappa shape index (κ2) is 4.96. The lowest BCUT2D eigenvalue weighted by Gasteiger charge is -2.05. The standard InChI is InChI=1S/C14H11ClN4O3/c1-8-4-3-5-10(15)11(8)12-13-16-6-9(19(21)22)7-18(13)17(2)14(12)20/h3-7H,1-2H3. The lowest BCUT2D eigenvalue weighted by atomic mass is 10.0. The molecule has 0 atom stereocenters. The van der Waals surface area contributed by atoms with Crippen molar-refractivity contribution in [2.45, 2.75) is 6.92 Å². The van der Waals surface area contributed by atoms with Crippen molar-refractivity contribution in [3.8, 4) is 11.1 Å². The Morgan fingerprint density at radius 2 is 2.05 bits per heavy atom. The number of hydrogen-bond acceptors (Lipinski definition) is 4. The van der Waals surface area contributed by atoms with Gasteiger partial charge in [0.05, 0.1) is 10.5 Å². The van der Waals surface area contributed by atoms with E-state index in [1.807, 2.05) is 13.0 Å². The van der Waals surface area contributed by atoms with E-state index >= 15 is 0 Å². The Hall–Kier alpha value is -2.67. The molecule has 0 saturated carbocycles. The van der Waals surface area contributed by atoms with E-state index in [9.17, 15) is 14.9 Å². The average molecular weight is 319 g/mol. The molecule has 3 aromatic rings. The average Bonchev–Trinajstić information content (AvgIpc) is 2.72. The summed E-state index contributed by atoms with van der Waals surface area (Å²) in [5.74, 6) is 0. The van der Waals surface area contributed by atoms with Crippen molar-refractivity contribution in [1.82, 2.24) is 14.2 Å². The van der Waals surface area contributed by atoms with Gasteiger partial charge in [-0.2, -0.15) is 0 Å². The van der Waals surface area contributed by atoms with Crippen molar-refractivity contribution in [2.75, 3.05) is 0 Å². The van der Waals surface area contributed by atoms with Crippen molar-refractivity contribution in [3.05, 3.63) is 61.6 Å². The van der Waals surface area contributed by atoms with Gasteiger partial charge in [0.15, 0.2) is 5.65 Å². The third-order valence-electron chi connectivity index (χ3n) is 3.53. The van der Waals surface area contributed by atoms with Gasteiger partial charge < -0.3 is 0 Å². The minimum absolute atomic E-state index is 0.194. The van der Waals surface area contributed by atoms with Gasteiger partial charge in [0.25, 0.3) is 5.56 Å². The van der Waals surface area contributed by atoms with Crippen LogP contribution in [-0.4, -0.2) is 19.1 Å². The molecule has 0 unspecified atom stereocenters. The van der Waals surface area contributed by atoms with Crippen LogP contribution in [0, 0.1) is 17.0 Å². The molecule has 3 rings (SSSR count). The highest BCUT2D eigenvalue weighted by molar-refractivity contribution is 6.33. The summed E-state index contributed by atoms with van der Waals surface area (Å²) in [4.78, 5) is 26.9. The molecule has 1 aromatic carbocycles. The summed E-state index contributed by atoms with van der Waals surface area (Å²) in [5, 5.41) is 11.3. The summed E-state index contributed by atoms with van der Waals surface area (Å²) in [7, 11) is 1.52. The van der Waals surface area contributed by atoms with Gasteiger partial charge in [0.1, 0.15) is 12.4 Å². The molecule has 0 spiro atoms. The van der Waals surface area contributed by atoms with Gasteiger partial charge in [-0.05, 0) is 18.6 Å². The first-order valence-corrected chi connectivity index (χ1v) is 6.77. The Morgan fingerprint density at radius 3 is 2.68 bits per heavy atom. The van der Waals surface area contributed by atoms with Crippen molar-refractivity contribution >= 4 is 22.9 Å². The number of benzene rings is 1. The molecule has 2 heterocycles. The van der Waals surface area contributed by atoms with Gasteiger partial charge >= 0.3 is 5.69 Å². The Labute approximate surface area is 129 Å². The zero-order chi connectivity index (χ0) is 16.0. The maximum atomic E-state index is 12.5. The maximum Gasteiger partial charge on any atom is 0.305 e. The number of halogens is 1. The van der Waals surface area contributed by atoms with E-state index in [1.54, 1.807) is 12.1 Å². The summed E-state index contributed by atoms with van der Waals surface area (Å²) < 4.78 is 2.63. The van der Waals surface area contributed by atoms with Crippen molar-refractivity contribution in [1.29, 1.82) is 0 Å². The first-order valence-electron chi connectivity index (χ1n) is 6.39. The Bertz CT molecular complexity index is 954. The quantitative estimate of drug-likeness (QED) is 0.537. The molecule has 0 amide bonds. The van der Waals surface area contributed by atoms with Crippen LogP contribution in [-0.2, 0) is 7.05 Å². The SMILES string of the molecule is Cc1cccc(Cl)c1-c1c(=O)n(C)n2cc([N+](=O)[O-])cnc12. The lowest BCUT2D eigenvalue weighted by Crippen LogP contribution is -2.16. The molecular weight excluding hydrogens is 308 g/mol. The van der Waals surface area contributed by atoms with Crippen LogP contribution in [0.2, 0.25) is 5.02 Å². The number of rotatable bonds is 2. The van der Waals surface area contributed by atoms with E-state index in [1.165, 1.54) is 22.4 Å². The number of fused-ring (bicyclic) bond motifs is 1. The van der Waals surface area contributed by atoms with E-state index in [0.717, 1.165) is 11.8 Å². The second-order valence-electron chi connectivity index (χ2n) is 4.87. The normalized spacial score (nSPS) is 11.0. The predicted octanol–water partition coefficient (Wildman–Crippen LogP) is 2.57. The molecule has 0 aliphatic carbocycles. The molecule has 0 radical (unpaired) electrons. The van der Waals surface area contributed by atoms with E-state index in [0.29, 0.717) is 21.8 Å². The van der Waals surface area contributed by atoms with Crippen LogP contribution >= 0.6 is 11.6 Å². The molecule has 0 fully saturated rings. The molecule has 0 bridgehead atoms. The Morgan fingerprint density at radius 1 is 1.32 bits per heavy atom. The molecule has 8 heteroatoms. The molecule has 7 nitrogen and oxygen atoms in total. The molecule has 2 aromatic heterocycles. The van der Waals surface area contributed by atoms with Crippen molar-refractivity contribution in [2.24, 2.45) is 7.05 Å². The topological polar surface area (TPSA) is 82.4 Å². The number of aromatic nitrogens is 3. The third kappa shape index (κ3) is 1.98. The van der Waals surface area contributed by atoms with Crippen LogP contribution in [0.1, 0.15) is 5.56 Å². The Kier molecular flexibility index (Phi) is 3.22. The summed E-state index contributed by atoms with van der Waals surface area (Å²) in [5.41, 5.74) is 1.57. The minimum Gasteiger partial charge on any atom is -0.267 e. The summed E-state index contributed by atoms with van der Waals surface area (Å²) in [6.45, 7) is 1.84. The largest absolute Gasteiger partial charge is 0.305 e. The highest BCUT2D eigenvalue weighted by Crippen LogP contribution is 2.31. The van der Waals surface area contributed by atoms with E-state index in [-0.39, 0.29) is 11.2 Å². The second-order valence-corrected chi connectivity index (χ2v) is 5.28. The number of nitro groups is 1. The van der Waals surface area contributed by atoms with Gasteiger partial charge in [-0.3, -0.25) is 14.9 Å². The molecule has 0 aliphatic heterocycles. The van der Waals surface area contributed by atoms with Crippen LogP contribution in [0.25, 0.3) is 16.8 Å². The highest BCUT2D eigenvalue weighted by atomic mass is 35.5. The van der Waals surface area contributed by atoms with Crippen LogP contribution in [0.5, 0.6) is 0 Å². The van der Waals surface area contributed by atoms with Crippen LogP contribution in [0.4, 0.5) is 5.69 Å². The predicted molar refractivity (Wildman–Crippen MR) is 82.3 cm³/mol. The molecule has 0 N–H and O–H groups in total. The zero-order valence-corrected chi connectivity index (χ0v) is 12.5. The van der Waals surface area contributed by atoms with Gasteiger partial charge in [-0.1, -0.05) is 23.7 Å². The fourth-order valence-electron chi connectivity index (χ4n) is 2.43. The zero-order valence-electron chi connectivity index (χ0n) is 11.8. The van der Waals surface area contributed by atoms with Crippen LogP contribution in [0.15, 0.2) is 35.4 Å². The number of aryl methyl sites for hydroxylation is 2. The molecule has 0 saturated heterocycles. The smallest absolute Gasteiger partial charge is 0.267 e. The first-order chi connectivity index (χ1) is 10.4. The fraction of sp³-hybridized carbons (Fsp3) is 0.143. The fourth-order valence-corrected chi connectivity index (χ4v) is 2.75. The summed E-state index contributed by atoms with van der Waals surface area (Å²) in [6, 6.07) is 5.33. The lowest BCUT2D eigenvalue weighted by molar-refractivity contribution is -0.385. The van der Waals surface area contributed by atoms with E-state index in [4.69, 9.17) is 11.6 Å². The summed E-state index contributed by atoms with van der Waals surface area (Å²) in [6.07, 6.45) is 2.39. The highest BCUT2D eigenvalue weighted by Gasteiger charge is 2.21. The number of hydrogen-bond donors (Lipinski definition) is 0. The molecular formula is C14H11ClN4O3. The maximum absolute atomic E-state index is 12.5. The third-order valence-corrected chi connectivity index (χ3v) is 3.84. The molecule has 112 valence electrons. The van der Waals surface area contributed by atoms with Gasteiger partial charge in [-0.25, -0.2) is 14.2 Å². The van der Waals surface area contributed by atoms with Gasteiger partial charge in [0.2, 0.25) is 0 Å². The number of nitrogens with zero attached hydrogens (tertiary/aromatic N) is 4. The van der Waals surface area contributed by atoms with Gasteiger partial charge in [0, 0.05) is 17.6 Å². The summed E-state index contributed by atoms with van der Waals surface area (Å²) >= 11 is 6.23. The van der Waals surface area contributed by atoms with Crippen LogP contribution in [0.3, 0.4) is 0 Å². The van der Waals surface area contributed by atoms with Crippen molar-refractivity contribution in [3.63, 3.8) is 0 Å². The van der Waals surface area contributed by atoms with E-state index < -0.39 is 4.92 Å².